The Bertz CT molecular complexity index is 1210. The van der Waals surface area contributed by atoms with E-state index in [0.29, 0.717) is 22.0 Å². The van der Waals surface area contributed by atoms with Gasteiger partial charge in [-0.3, -0.25) is 14.9 Å². The Labute approximate surface area is 160 Å². The summed E-state index contributed by atoms with van der Waals surface area (Å²) in [7, 11) is 0. The Balaban J connectivity index is 1.68. The van der Waals surface area contributed by atoms with Gasteiger partial charge in [0, 0.05) is 31.2 Å². The summed E-state index contributed by atoms with van der Waals surface area (Å²) in [4.78, 5) is 19.2. The van der Waals surface area contributed by atoms with Crippen LogP contribution in [0.4, 0.5) is 10.1 Å². The van der Waals surface area contributed by atoms with Gasteiger partial charge in [-0.1, -0.05) is 18.2 Å². The first-order valence-electron chi connectivity index (χ1n) is 9.47. The molecule has 0 atom stereocenters. The number of hydrogen-bond acceptors (Lipinski definition) is 4. The number of aromatic amines is 1. The minimum atomic E-state index is -0.338. The zero-order chi connectivity index (χ0) is 19.1. The van der Waals surface area contributed by atoms with E-state index in [1.54, 1.807) is 6.07 Å². The second-order valence-corrected chi connectivity index (χ2v) is 7.02. The van der Waals surface area contributed by atoms with Crippen molar-refractivity contribution < 1.29 is 4.39 Å². The number of benzene rings is 2. The molecule has 0 amide bonds. The highest BCUT2D eigenvalue weighted by molar-refractivity contribution is 6.04. The molecule has 0 unspecified atom stereocenters. The summed E-state index contributed by atoms with van der Waals surface area (Å²) in [6.07, 6.45) is 2.43. The topological polar surface area (TPSA) is 66.0 Å². The summed E-state index contributed by atoms with van der Waals surface area (Å²) in [6, 6.07) is 13.0. The Kier molecular flexibility index (Phi) is 4.09. The molecule has 1 fully saturated rings. The van der Waals surface area contributed by atoms with Gasteiger partial charge >= 0.3 is 0 Å². The molecule has 1 aliphatic rings. The van der Waals surface area contributed by atoms with Gasteiger partial charge in [0.25, 0.3) is 5.56 Å². The van der Waals surface area contributed by atoms with E-state index >= 15 is 4.39 Å². The largest absolute Gasteiger partial charge is 0.368 e. The minimum Gasteiger partial charge on any atom is -0.368 e. The average molecular weight is 377 g/mol. The Hall–Kier alpha value is -3.19. The molecule has 0 radical (unpaired) electrons. The van der Waals surface area contributed by atoms with Crippen LogP contribution in [0.3, 0.4) is 0 Å². The van der Waals surface area contributed by atoms with Gasteiger partial charge in [-0.05, 0) is 37.2 Å². The van der Waals surface area contributed by atoms with Gasteiger partial charge in [-0.25, -0.2) is 9.07 Å². The first kappa shape index (κ1) is 16.9. The molecule has 3 heterocycles. The summed E-state index contributed by atoms with van der Waals surface area (Å²) in [5.41, 5.74) is 1.98. The van der Waals surface area contributed by atoms with Crippen LogP contribution in [0.5, 0.6) is 0 Å². The van der Waals surface area contributed by atoms with E-state index in [1.165, 1.54) is 10.9 Å². The standard InChI is InChI=1S/C21H20FN5O/c22-18-17(26-11-4-9-23-10-12-26)8-7-15-19-16(13-24-20(15)18)21(28)27(25-19)14-5-2-1-3-6-14/h1-3,5-8,13,23,25H,4,9-12H2. The summed E-state index contributed by atoms with van der Waals surface area (Å²) in [5.74, 6) is -0.338. The number of H-pyrrole nitrogens is 1. The second-order valence-electron chi connectivity index (χ2n) is 7.02. The molecule has 28 heavy (non-hydrogen) atoms. The van der Waals surface area contributed by atoms with Crippen molar-refractivity contribution in [2.75, 3.05) is 31.1 Å². The van der Waals surface area contributed by atoms with Crippen LogP contribution in [-0.4, -0.2) is 40.9 Å². The number of para-hydroxylation sites is 1. The van der Waals surface area contributed by atoms with Crippen molar-refractivity contribution in [1.29, 1.82) is 0 Å². The molecule has 0 spiro atoms. The molecular weight excluding hydrogens is 357 g/mol. The lowest BCUT2D eigenvalue weighted by Crippen LogP contribution is -2.28. The number of nitrogens with zero attached hydrogens (tertiary/aromatic N) is 3. The van der Waals surface area contributed by atoms with Crippen molar-refractivity contribution in [3.8, 4) is 5.69 Å². The first-order valence-corrected chi connectivity index (χ1v) is 9.47. The number of nitrogens with one attached hydrogen (secondary N) is 2. The fourth-order valence-electron chi connectivity index (χ4n) is 3.88. The fourth-order valence-corrected chi connectivity index (χ4v) is 3.88. The number of rotatable bonds is 2. The zero-order valence-electron chi connectivity index (χ0n) is 15.3. The summed E-state index contributed by atoms with van der Waals surface area (Å²) < 4.78 is 16.8. The van der Waals surface area contributed by atoms with E-state index < -0.39 is 0 Å². The van der Waals surface area contributed by atoms with Gasteiger partial charge < -0.3 is 10.2 Å². The van der Waals surface area contributed by atoms with E-state index in [9.17, 15) is 4.79 Å². The van der Waals surface area contributed by atoms with Crippen LogP contribution in [0.1, 0.15) is 6.42 Å². The van der Waals surface area contributed by atoms with Gasteiger partial charge in [-0.2, -0.15) is 0 Å². The van der Waals surface area contributed by atoms with E-state index in [-0.39, 0.29) is 16.9 Å². The van der Waals surface area contributed by atoms with E-state index in [1.807, 2.05) is 36.4 Å². The van der Waals surface area contributed by atoms with Gasteiger partial charge in [0.2, 0.25) is 0 Å². The Morgan fingerprint density at radius 1 is 1.00 bits per heavy atom. The van der Waals surface area contributed by atoms with Crippen LogP contribution in [0.25, 0.3) is 27.5 Å². The molecule has 0 bridgehead atoms. The van der Waals surface area contributed by atoms with E-state index in [2.05, 4.69) is 20.3 Å². The number of hydrogen-bond donors (Lipinski definition) is 2. The predicted molar refractivity (Wildman–Crippen MR) is 109 cm³/mol. The van der Waals surface area contributed by atoms with Crippen molar-refractivity contribution in [3.05, 3.63) is 64.8 Å². The molecule has 0 aliphatic carbocycles. The smallest absolute Gasteiger partial charge is 0.280 e. The quantitative estimate of drug-likeness (QED) is 0.564. The van der Waals surface area contributed by atoms with E-state index in [0.717, 1.165) is 38.3 Å². The van der Waals surface area contributed by atoms with Crippen molar-refractivity contribution in [3.63, 3.8) is 0 Å². The molecule has 7 heteroatoms. The fraction of sp³-hybridized carbons (Fsp3) is 0.238. The highest BCUT2D eigenvalue weighted by Gasteiger charge is 2.19. The lowest BCUT2D eigenvalue weighted by Gasteiger charge is -2.23. The third-order valence-electron chi connectivity index (χ3n) is 5.31. The summed E-state index contributed by atoms with van der Waals surface area (Å²) in [5, 5.41) is 7.52. The second kappa shape index (κ2) is 6.76. The van der Waals surface area contributed by atoms with Crippen molar-refractivity contribution in [2.45, 2.75) is 6.42 Å². The molecule has 2 aromatic heterocycles. The van der Waals surface area contributed by atoms with Crippen LogP contribution < -0.4 is 15.8 Å². The van der Waals surface area contributed by atoms with Gasteiger partial charge in [0.05, 0.1) is 22.3 Å². The molecule has 6 nitrogen and oxygen atoms in total. The Morgan fingerprint density at radius 3 is 2.71 bits per heavy atom. The molecule has 1 saturated heterocycles. The number of fused-ring (bicyclic) bond motifs is 3. The zero-order valence-corrected chi connectivity index (χ0v) is 15.3. The maximum absolute atomic E-state index is 15.3. The first-order chi connectivity index (χ1) is 13.7. The molecule has 0 saturated carbocycles. The van der Waals surface area contributed by atoms with Crippen LogP contribution in [0.15, 0.2) is 53.5 Å². The highest BCUT2D eigenvalue weighted by Crippen LogP contribution is 2.29. The normalized spacial score (nSPS) is 15.2. The monoisotopic (exact) mass is 377 g/mol. The number of halogens is 1. The maximum atomic E-state index is 15.3. The summed E-state index contributed by atoms with van der Waals surface area (Å²) in [6.45, 7) is 3.33. The number of anilines is 1. The molecule has 2 aromatic carbocycles. The molecule has 142 valence electrons. The number of aromatic nitrogens is 3. The molecule has 2 N–H and O–H groups in total. The van der Waals surface area contributed by atoms with Gasteiger partial charge in [0.15, 0.2) is 5.82 Å². The van der Waals surface area contributed by atoms with Crippen molar-refractivity contribution in [2.24, 2.45) is 0 Å². The lowest BCUT2D eigenvalue weighted by molar-refractivity contribution is 0.627. The van der Waals surface area contributed by atoms with E-state index in [4.69, 9.17) is 0 Å². The lowest BCUT2D eigenvalue weighted by atomic mass is 10.1. The molecule has 5 rings (SSSR count). The minimum absolute atomic E-state index is 0.196. The van der Waals surface area contributed by atoms with Gasteiger partial charge in [0.1, 0.15) is 5.52 Å². The van der Waals surface area contributed by atoms with Crippen LogP contribution in [0, 0.1) is 5.82 Å². The van der Waals surface area contributed by atoms with Crippen LogP contribution >= 0.6 is 0 Å². The molecule has 1 aliphatic heterocycles. The maximum Gasteiger partial charge on any atom is 0.280 e. The third kappa shape index (κ3) is 2.66. The van der Waals surface area contributed by atoms with Crippen LogP contribution in [-0.2, 0) is 0 Å². The highest BCUT2D eigenvalue weighted by atomic mass is 19.1. The Morgan fingerprint density at radius 2 is 1.86 bits per heavy atom. The van der Waals surface area contributed by atoms with Gasteiger partial charge in [-0.15, -0.1) is 0 Å². The SMILES string of the molecule is O=c1c2cnc3c(F)c(N4CCCNCC4)ccc3c2[nH]n1-c1ccccc1. The van der Waals surface area contributed by atoms with Crippen molar-refractivity contribution >= 4 is 27.5 Å². The number of pyridine rings is 1. The predicted octanol–water partition coefficient (Wildman–Crippen LogP) is 2.81. The molecule has 4 aromatic rings. The summed E-state index contributed by atoms with van der Waals surface area (Å²) >= 11 is 0. The average Bonchev–Trinajstić information content (AvgIpc) is 2.90. The molecular formula is C21H20FN5O. The third-order valence-corrected chi connectivity index (χ3v) is 5.31. The van der Waals surface area contributed by atoms with Crippen molar-refractivity contribution in [1.82, 2.24) is 20.1 Å². The van der Waals surface area contributed by atoms with Crippen LogP contribution in [0.2, 0.25) is 0 Å².